The molecular formula is C12H24N2O2. The van der Waals surface area contributed by atoms with Crippen molar-refractivity contribution in [3.63, 3.8) is 0 Å². The molecule has 0 saturated heterocycles. The zero-order valence-electron chi connectivity index (χ0n) is 11.4. The van der Waals surface area contributed by atoms with Crippen molar-refractivity contribution in [2.24, 2.45) is 5.41 Å². The molecule has 0 fully saturated rings. The van der Waals surface area contributed by atoms with Crippen LogP contribution in [0.15, 0.2) is 0 Å². The highest BCUT2D eigenvalue weighted by Gasteiger charge is 2.37. The van der Waals surface area contributed by atoms with Gasteiger partial charge in [0.1, 0.15) is 5.41 Å². The molecule has 4 heteroatoms. The maximum atomic E-state index is 11.9. The van der Waals surface area contributed by atoms with Crippen LogP contribution in [-0.4, -0.2) is 23.4 Å². The Kier molecular flexibility index (Phi) is 4.53. The Morgan fingerprint density at radius 3 is 1.69 bits per heavy atom. The fraction of sp³-hybridized carbons (Fsp3) is 0.833. The van der Waals surface area contributed by atoms with E-state index in [1.807, 2.05) is 34.6 Å². The van der Waals surface area contributed by atoms with Gasteiger partial charge in [0, 0.05) is 11.6 Å². The average molecular weight is 228 g/mol. The van der Waals surface area contributed by atoms with E-state index in [-0.39, 0.29) is 23.4 Å². The number of hydrogen-bond donors (Lipinski definition) is 2. The van der Waals surface area contributed by atoms with Gasteiger partial charge in [-0.05, 0) is 48.5 Å². The molecule has 16 heavy (non-hydrogen) atoms. The molecule has 0 aromatic rings. The van der Waals surface area contributed by atoms with E-state index in [1.54, 1.807) is 13.8 Å². The van der Waals surface area contributed by atoms with Gasteiger partial charge in [-0.1, -0.05) is 0 Å². The molecule has 0 heterocycles. The summed E-state index contributed by atoms with van der Waals surface area (Å²) in [6.07, 6.45) is 0. The van der Waals surface area contributed by atoms with Crippen LogP contribution in [0.3, 0.4) is 0 Å². The molecule has 0 atom stereocenters. The van der Waals surface area contributed by atoms with E-state index < -0.39 is 5.41 Å². The number of nitrogens with one attached hydrogen (secondary N) is 2. The molecule has 4 nitrogen and oxygen atoms in total. The number of amides is 2. The number of hydrogen-bond acceptors (Lipinski definition) is 2. The molecule has 0 unspecified atom stereocenters. The van der Waals surface area contributed by atoms with Gasteiger partial charge >= 0.3 is 0 Å². The molecule has 0 aliphatic rings. The number of rotatable bonds is 3. The van der Waals surface area contributed by atoms with Gasteiger partial charge in [-0.25, -0.2) is 0 Å². The molecule has 2 amide bonds. The van der Waals surface area contributed by atoms with Crippen molar-refractivity contribution in [3.05, 3.63) is 0 Å². The van der Waals surface area contributed by atoms with Crippen LogP contribution in [0, 0.1) is 5.41 Å². The Morgan fingerprint density at radius 1 is 0.938 bits per heavy atom. The standard InChI is InChI=1S/C12H24N2O2/c1-8(2)13-9(15)12(6,7)10(16)14-11(3,4)5/h8H,1-7H3,(H,13,15)(H,14,16). The maximum Gasteiger partial charge on any atom is 0.235 e. The summed E-state index contributed by atoms with van der Waals surface area (Å²) in [5.41, 5.74) is -1.37. The van der Waals surface area contributed by atoms with Crippen molar-refractivity contribution in [1.82, 2.24) is 10.6 Å². The van der Waals surface area contributed by atoms with Gasteiger partial charge in [0.15, 0.2) is 0 Å². The second kappa shape index (κ2) is 4.85. The topological polar surface area (TPSA) is 58.2 Å². The lowest BCUT2D eigenvalue weighted by atomic mass is 9.89. The van der Waals surface area contributed by atoms with Crippen molar-refractivity contribution in [3.8, 4) is 0 Å². The first-order chi connectivity index (χ1) is 6.97. The molecule has 2 N–H and O–H groups in total. The van der Waals surface area contributed by atoms with Crippen LogP contribution in [0.4, 0.5) is 0 Å². The third kappa shape index (κ3) is 4.64. The Bertz CT molecular complexity index is 275. The van der Waals surface area contributed by atoms with E-state index in [0.717, 1.165) is 0 Å². The first kappa shape index (κ1) is 14.9. The molecule has 0 rings (SSSR count). The van der Waals surface area contributed by atoms with Crippen LogP contribution in [0.25, 0.3) is 0 Å². The van der Waals surface area contributed by atoms with Crippen molar-refractivity contribution >= 4 is 11.8 Å². The molecule has 0 radical (unpaired) electrons. The van der Waals surface area contributed by atoms with Crippen LogP contribution in [0.2, 0.25) is 0 Å². The summed E-state index contributed by atoms with van der Waals surface area (Å²) >= 11 is 0. The highest BCUT2D eigenvalue weighted by molar-refractivity contribution is 6.04. The van der Waals surface area contributed by atoms with Crippen LogP contribution in [0.1, 0.15) is 48.5 Å². The van der Waals surface area contributed by atoms with Gasteiger partial charge < -0.3 is 10.6 Å². The lowest BCUT2D eigenvalue weighted by Gasteiger charge is -2.29. The molecule has 0 spiro atoms. The minimum absolute atomic E-state index is 0.0363. The minimum Gasteiger partial charge on any atom is -0.353 e. The van der Waals surface area contributed by atoms with Crippen LogP contribution in [-0.2, 0) is 9.59 Å². The molecule has 94 valence electrons. The highest BCUT2D eigenvalue weighted by Crippen LogP contribution is 2.17. The van der Waals surface area contributed by atoms with E-state index >= 15 is 0 Å². The van der Waals surface area contributed by atoms with Crippen molar-refractivity contribution in [2.75, 3.05) is 0 Å². The summed E-state index contributed by atoms with van der Waals surface area (Å²) in [6, 6.07) is 0.0363. The maximum absolute atomic E-state index is 11.9. The fourth-order valence-electron chi connectivity index (χ4n) is 1.04. The summed E-state index contributed by atoms with van der Waals surface area (Å²) in [5.74, 6) is -0.498. The van der Waals surface area contributed by atoms with Gasteiger partial charge in [0.05, 0.1) is 0 Å². The molecule has 0 aromatic carbocycles. The van der Waals surface area contributed by atoms with Crippen LogP contribution < -0.4 is 10.6 Å². The number of carbonyl (C=O) groups is 2. The monoisotopic (exact) mass is 228 g/mol. The lowest BCUT2D eigenvalue weighted by Crippen LogP contribution is -2.53. The van der Waals surface area contributed by atoms with Crippen molar-refractivity contribution in [2.45, 2.75) is 60.0 Å². The second-order valence-corrected chi connectivity index (χ2v) is 5.96. The van der Waals surface area contributed by atoms with E-state index in [1.165, 1.54) is 0 Å². The Labute approximate surface area is 98.2 Å². The van der Waals surface area contributed by atoms with Gasteiger partial charge in [-0.3, -0.25) is 9.59 Å². The van der Waals surface area contributed by atoms with E-state index in [2.05, 4.69) is 10.6 Å². The van der Waals surface area contributed by atoms with Gasteiger partial charge in [-0.15, -0.1) is 0 Å². The van der Waals surface area contributed by atoms with Gasteiger partial charge in [-0.2, -0.15) is 0 Å². The first-order valence-electron chi connectivity index (χ1n) is 5.60. The fourth-order valence-corrected chi connectivity index (χ4v) is 1.04. The average Bonchev–Trinajstić information content (AvgIpc) is 1.99. The van der Waals surface area contributed by atoms with E-state index in [9.17, 15) is 9.59 Å². The van der Waals surface area contributed by atoms with Crippen molar-refractivity contribution < 1.29 is 9.59 Å². The molecule has 0 bridgehead atoms. The zero-order valence-corrected chi connectivity index (χ0v) is 11.4. The SMILES string of the molecule is CC(C)NC(=O)C(C)(C)C(=O)NC(C)(C)C. The predicted octanol–water partition coefficient (Wildman–Crippen LogP) is 1.45. The molecule has 0 aromatic heterocycles. The predicted molar refractivity (Wildman–Crippen MR) is 65.0 cm³/mol. The largest absolute Gasteiger partial charge is 0.353 e. The van der Waals surface area contributed by atoms with Crippen LogP contribution >= 0.6 is 0 Å². The summed E-state index contributed by atoms with van der Waals surface area (Å²) < 4.78 is 0. The second-order valence-electron chi connectivity index (χ2n) is 5.96. The zero-order chi connectivity index (χ0) is 13.1. The summed E-state index contributed by atoms with van der Waals surface area (Å²) in [6.45, 7) is 12.7. The Hall–Kier alpha value is -1.06. The molecule has 0 aliphatic heterocycles. The Morgan fingerprint density at radius 2 is 1.38 bits per heavy atom. The Balaban J connectivity index is 4.65. The first-order valence-corrected chi connectivity index (χ1v) is 5.60. The van der Waals surface area contributed by atoms with Crippen molar-refractivity contribution in [1.29, 1.82) is 0 Å². The van der Waals surface area contributed by atoms with Crippen LogP contribution in [0.5, 0.6) is 0 Å². The highest BCUT2D eigenvalue weighted by atomic mass is 16.2. The normalized spacial score (nSPS) is 12.5. The molecule has 0 aliphatic carbocycles. The minimum atomic E-state index is -1.04. The summed E-state index contributed by atoms with van der Waals surface area (Å²) in [4.78, 5) is 23.8. The summed E-state index contributed by atoms with van der Waals surface area (Å²) in [7, 11) is 0. The third-order valence-electron chi connectivity index (χ3n) is 2.04. The number of carbonyl (C=O) groups excluding carboxylic acids is 2. The summed E-state index contributed by atoms with van der Waals surface area (Å²) in [5, 5.41) is 5.56. The molecular weight excluding hydrogens is 204 g/mol. The smallest absolute Gasteiger partial charge is 0.235 e. The quantitative estimate of drug-likeness (QED) is 0.718. The molecule has 0 saturated carbocycles. The van der Waals surface area contributed by atoms with Gasteiger partial charge in [0.2, 0.25) is 11.8 Å². The van der Waals surface area contributed by atoms with E-state index in [0.29, 0.717) is 0 Å². The lowest BCUT2D eigenvalue weighted by molar-refractivity contribution is -0.142. The third-order valence-corrected chi connectivity index (χ3v) is 2.04. The van der Waals surface area contributed by atoms with E-state index in [4.69, 9.17) is 0 Å². The van der Waals surface area contributed by atoms with Gasteiger partial charge in [0.25, 0.3) is 0 Å².